The minimum Gasteiger partial charge on any atom is -0.496 e. The van der Waals surface area contributed by atoms with Crippen molar-refractivity contribution in [3.05, 3.63) is 46.5 Å². The predicted octanol–water partition coefficient (Wildman–Crippen LogP) is 3.81. The number of hydrogen-bond acceptors (Lipinski definition) is 3. The van der Waals surface area contributed by atoms with Crippen molar-refractivity contribution in [1.82, 2.24) is 14.9 Å². The van der Waals surface area contributed by atoms with Crippen molar-refractivity contribution in [3.63, 3.8) is 0 Å². The highest BCUT2D eigenvalue weighted by Gasteiger charge is 2.36. The summed E-state index contributed by atoms with van der Waals surface area (Å²) >= 11 is 0. The second kappa shape index (κ2) is 6.61. The fourth-order valence-electron chi connectivity index (χ4n) is 4.19. The van der Waals surface area contributed by atoms with Gasteiger partial charge in [0.25, 0.3) is 0 Å². The van der Waals surface area contributed by atoms with Gasteiger partial charge in [-0.25, -0.2) is 4.98 Å². The molecule has 1 N–H and O–H groups in total. The SMILES string of the molecule is COc1cc2c(cc1[C@@H]1c3nc[nH]c3CCN1CCC(F)(F)F)CCC2. The normalized spacial score (nSPS) is 20.1. The predicted molar refractivity (Wildman–Crippen MR) is 91.4 cm³/mol. The van der Waals surface area contributed by atoms with E-state index < -0.39 is 12.6 Å². The number of aromatic amines is 1. The summed E-state index contributed by atoms with van der Waals surface area (Å²) in [5.41, 5.74) is 5.29. The molecule has 2 aromatic rings. The van der Waals surface area contributed by atoms with Crippen LogP contribution in [0.4, 0.5) is 13.2 Å². The maximum atomic E-state index is 12.8. The molecular formula is C19H22F3N3O. The molecule has 0 radical (unpaired) electrons. The molecule has 140 valence electrons. The summed E-state index contributed by atoms with van der Waals surface area (Å²) in [5.74, 6) is 0.739. The van der Waals surface area contributed by atoms with Gasteiger partial charge in [0.05, 0.1) is 31.6 Å². The Balaban J connectivity index is 1.75. The number of rotatable bonds is 4. The molecule has 1 atom stereocenters. The van der Waals surface area contributed by atoms with E-state index in [1.807, 2.05) is 4.90 Å². The molecule has 0 spiro atoms. The Morgan fingerprint density at radius 1 is 1.23 bits per heavy atom. The lowest BCUT2D eigenvalue weighted by Crippen LogP contribution is -2.38. The van der Waals surface area contributed by atoms with Gasteiger partial charge in [-0.1, -0.05) is 0 Å². The van der Waals surface area contributed by atoms with Gasteiger partial charge >= 0.3 is 6.18 Å². The maximum absolute atomic E-state index is 12.8. The number of hydrogen-bond donors (Lipinski definition) is 1. The zero-order valence-electron chi connectivity index (χ0n) is 14.7. The summed E-state index contributed by atoms with van der Waals surface area (Å²) in [6.45, 7) is 0.525. The van der Waals surface area contributed by atoms with Gasteiger partial charge in [-0.15, -0.1) is 0 Å². The van der Waals surface area contributed by atoms with Crippen LogP contribution in [0.25, 0.3) is 0 Å². The van der Waals surface area contributed by atoms with Gasteiger partial charge in [0.1, 0.15) is 5.75 Å². The molecule has 1 aliphatic heterocycles. The first-order valence-electron chi connectivity index (χ1n) is 8.99. The molecule has 0 saturated carbocycles. The van der Waals surface area contributed by atoms with Crippen LogP contribution in [-0.2, 0) is 19.3 Å². The van der Waals surface area contributed by atoms with E-state index in [2.05, 4.69) is 22.1 Å². The lowest BCUT2D eigenvalue weighted by Gasteiger charge is -2.36. The number of nitrogens with zero attached hydrogens (tertiary/aromatic N) is 2. The van der Waals surface area contributed by atoms with Gasteiger partial charge in [0.15, 0.2) is 0 Å². The van der Waals surface area contributed by atoms with Gasteiger partial charge in [0, 0.05) is 30.8 Å². The zero-order valence-corrected chi connectivity index (χ0v) is 14.7. The Labute approximate surface area is 150 Å². The average molecular weight is 365 g/mol. The standard InChI is InChI=1S/C19H22F3N3O/c1-26-16-10-13-4-2-3-12(13)9-14(16)18-17-15(23-11-24-17)5-7-25(18)8-6-19(20,21)22/h9-11,18H,2-8H2,1H3,(H,23,24)/t18-/m1/s1. The van der Waals surface area contributed by atoms with E-state index in [1.165, 1.54) is 11.1 Å². The number of fused-ring (bicyclic) bond motifs is 2. The monoisotopic (exact) mass is 365 g/mol. The van der Waals surface area contributed by atoms with Gasteiger partial charge in [-0.05, 0) is 42.5 Å². The summed E-state index contributed by atoms with van der Waals surface area (Å²) in [5, 5.41) is 0. The van der Waals surface area contributed by atoms with E-state index in [0.717, 1.165) is 42.0 Å². The number of benzene rings is 1. The summed E-state index contributed by atoms with van der Waals surface area (Å²) < 4.78 is 44.1. The Morgan fingerprint density at radius 2 is 2.00 bits per heavy atom. The lowest BCUT2D eigenvalue weighted by atomic mass is 9.92. The third-order valence-corrected chi connectivity index (χ3v) is 5.45. The van der Waals surface area contributed by atoms with Crippen LogP contribution >= 0.6 is 0 Å². The number of imidazole rings is 1. The van der Waals surface area contributed by atoms with Crippen LogP contribution in [0.1, 0.15) is 47.0 Å². The topological polar surface area (TPSA) is 41.1 Å². The highest BCUT2D eigenvalue weighted by atomic mass is 19.4. The highest BCUT2D eigenvalue weighted by molar-refractivity contribution is 5.49. The summed E-state index contributed by atoms with van der Waals surface area (Å²) in [4.78, 5) is 9.47. The van der Waals surface area contributed by atoms with Crippen LogP contribution in [0.5, 0.6) is 5.75 Å². The molecule has 2 aliphatic rings. The first-order valence-corrected chi connectivity index (χ1v) is 8.99. The molecule has 4 rings (SSSR count). The molecule has 1 aliphatic carbocycles. The van der Waals surface area contributed by atoms with E-state index in [0.29, 0.717) is 13.0 Å². The maximum Gasteiger partial charge on any atom is 0.390 e. The minimum atomic E-state index is -4.17. The number of nitrogens with one attached hydrogen (secondary N) is 1. The van der Waals surface area contributed by atoms with Crippen LogP contribution in [0, 0.1) is 0 Å². The van der Waals surface area contributed by atoms with E-state index >= 15 is 0 Å². The van der Waals surface area contributed by atoms with Crippen molar-refractivity contribution in [3.8, 4) is 5.75 Å². The third kappa shape index (κ3) is 3.20. The molecule has 26 heavy (non-hydrogen) atoms. The van der Waals surface area contributed by atoms with E-state index in [9.17, 15) is 13.2 Å². The zero-order chi connectivity index (χ0) is 18.3. The van der Waals surface area contributed by atoms with Crippen LogP contribution < -0.4 is 4.74 Å². The number of ether oxygens (including phenoxy) is 1. The fourth-order valence-corrected chi connectivity index (χ4v) is 4.19. The number of H-pyrrole nitrogens is 1. The van der Waals surface area contributed by atoms with E-state index in [1.54, 1.807) is 13.4 Å². The molecule has 0 fully saturated rings. The summed E-state index contributed by atoms with van der Waals surface area (Å²) in [6.07, 6.45) is 0.464. The van der Waals surface area contributed by atoms with Gasteiger partial charge in [-0.3, -0.25) is 4.90 Å². The largest absolute Gasteiger partial charge is 0.496 e. The van der Waals surface area contributed by atoms with Gasteiger partial charge < -0.3 is 9.72 Å². The number of aryl methyl sites for hydroxylation is 2. The lowest BCUT2D eigenvalue weighted by molar-refractivity contribution is -0.139. The Hall–Kier alpha value is -2.02. The first-order chi connectivity index (χ1) is 12.5. The molecule has 1 aromatic heterocycles. The fraction of sp³-hybridized carbons (Fsp3) is 0.526. The van der Waals surface area contributed by atoms with Crippen LogP contribution in [-0.4, -0.2) is 41.2 Å². The molecule has 0 unspecified atom stereocenters. The quantitative estimate of drug-likeness (QED) is 0.896. The summed E-state index contributed by atoms with van der Waals surface area (Å²) in [7, 11) is 1.62. The molecule has 0 bridgehead atoms. The highest BCUT2D eigenvalue weighted by Crippen LogP contribution is 2.41. The Kier molecular flexibility index (Phi) is 4.42. The second-order valence-corrected chi connectivity index (χ2v) is 7.04. The van der Waals surface area contributed by atoms with Gasteiger partial charge in [0.2, 0.25) is 0 Å². The molecule has 0 amide bonds. The van der Waals surface area contributed by atoms with Crippen molar-refractivity contribution >= 4 is 0 Å². The van der Waals surface area contributed by atoms with Crippen LogP contribution in [0.15, 0.2) is 18.5 Å². The average Bonchev–Trinajstić information content (AvgIpc) is 3.25. The molecule has 0 saturated heterocycles. The summed E-state index contributed by atoms with van der Waals surface area (Å²) in [6, 6.07) is 3.87. The molecule has 7 heteroatoms. The number of methoxy groups -OCH3 is 1. The van der Waals surface area contributed by atoms with Crippen molar-refractivity contribution in [2.24, 2.45) is 0 Å². The first kappa shape index (κ1) is 17.4. The second-order valence-electron chi connectivity index (χ2n) is 7.04. The van der Waals surface area contributed by atoms with Crippen molar-refractivity contribution in [1.29, 1.82) is 0 Å². The van der Waals surface area contributed by atoms with Crippen molar-refractivity contribution < 1.29 is 17.9 Å². The molecular weight excluding hydrogens is 343 g/mol. The van der Waals surface area contributed by atoms with E-state index in [-0.39, 0.29) is 12.6 Å². The van der Waals surface area contributed by atoms with Crippen molar-refractivity contribution in [2.75, 3.05) is 20.2 Å². The number of halogens is 3. The van der Waals surface area contributed by atoms with Crippen LogP contribution in [0.3, 0.4) is 0 Å². The van der Waals surface area contributed by atoms with E-state index in [4.69, 9.17) is 4.74 Å². The molecule has 1 aromatic carbocycles. The van der Waals surface area contributed by atoms with Crippen molar-refractivity contribution in [2.45, 2.75) is 44.3 Å². The Bertz CT molecular complexity index is 800. The third-order valence-electron chi connectivity index (χ3n) is 5.45. The number of aromatic nitrogens is 2. The smallest absolute Gasteiger partial charge is 0.390 e. The minimum absolute atomic E-state index is 0.0410. The van der Waals surface area contributed by atoms with Crippen LogP contribution in [0.2, 0.25) is 0 Å². The molecule has 2 heterocycles. The Morgan fingerprint density at radius 3 is 2.73 bits per heavy atom. The van der Waals surface area contributed by atoms with Gasteiger partial charge in [-0.2, -0.15) is 13.2 Å². The number of alkyl halides is 3. The molecule has 4 nitrogen and oxygen atoms in total.